The van der Waals surface area contributed by atoms with Crippen LogP contribution in [0.4, 0.5) is 10.1 Å². The van der Waals surface area contributed by atoms with Crippen molar-refractivity contribution in [2.45, 2.75) is 45.6 Å². The average molecular weight is 448 g/mol. The summed E-state index contributed by atoms with van der Waals surface area (Å²) in [5.74, 6) is 0.175. The van der Waals surface area contributed by atoms with Crippen LogP contribution in [-0.4, -0.2) is 47.6 Å². The Hall–Kier alpha value is -2.86. The highest BCUT2D eigenvalue weighted by Gasteiger charge is 2.27. The SMILES string of the molecule is CCC1=Cc2ncc(CN3CCN(c4ccc(C(=O)CC5CC5)c(F)c4)CC3)cc2CC1=O. The quantitative estimate of drug-likeness (QED) is 0.587. The molecule has 172 valence electrons. The van der Waals surface area contributed by atoms with Gasteiger partial charge in [-0.3, -0.25) is 19.5 Å². The highest BCUT2D eigenvalue weighted by Crippen LogP contribution is 2.34. The van der Waals surface area contributed by atoms with E-state index < -0.39 is 5.82 Å². The van der Waals surface area contributed by atoms with Gasteiger partial charge in [-0.1, -0.05) is 13.0 Å². The van der Waals surface area contributed by atoms with Crippen LogP contribution in [0, 0.1) is 11.7 Å². The molecular formula is C27H30FN3O2. The first-order chi connectivity index (χ1) is 16.0. The van der Waals surface area contributed by atoms with Gasteiger partial charge in [-0.05, 0) is 66.2 Å². The monoisotopic (exact) mass is 447 g/mol. The van der Waals surface area contributed by atoms with Gasteiger partial charge in [0.1, 0.15) is 5.82 Å². The van der Waals surface area contributed by atoms with E-state index in [1.54, 1.807) is 6.07 Å². The number of anilines is 1. The second-order valence-corrected chi connectivity index (χ2v) is 9.51. The Morgan fingerprint density at radius 2 is 1.94 bits per heavy atom. The molecule has 0 bridgehead atoms. The minimum absolute atomic E-state index is 0.0758. The van der Waals surface area contributed by atoms with Crippen molar-refractivity contribution in [2.75, 3.05) is 31.1 Å². The lowest BCUT2D eigenvalue weighted by Crippen LogP contribution is -2.46. The molecule has 0 radical (unpaired) electrons. The van der Waals surface area contributed by atoms with Crippen LogP contribution in [-0.2, 0) is 17.8 Å². The van der Waals surface area contributed by atoms with E-state index in [2.05, 4.69) is 20.9 Å². The van der Waals surface area contributed by atoms with Gasteiger partial charge in [-0.15, -0.1) is 0 Å². The third-order valence-corrected chi connectivity index (χ3v) is 7.03. The molecule has 1 saturated carbocycles. The van der Waals surface area contributed by atoms with E-state index in [9.17, 15) is 14.0 Å². The third kappa shape index (κ3) is 4.91. The summed E-state index contributed by atoms with van der Waals surface area (Å²) in [5.41, 5.74) is 4.97. The Balaban J connectivity index is 1.18. The first kappa shape index (κ1) is 22.0. The van der Waals surface area contributed by atoms with Crippen LogP contribution in [0.25, 0.3) is 6.08 Å². The van der Waals surface area contributed by atoms with E-state index in [0.29, 0.717) is 18.8 Å². The fourth-order valence-electron chi connectivity index (χ4n) is 4.80. The van der Waals surface area contributed by atoms with Crippen LogP contribution < -0.4 is 4.90 Å². The zero-order valence-corrected chi connectivity index (χ0v) is 19.1. The summed E-state index contributed by atoms with van der Waals surface area (Å²) >= 11 is 0. The average Bonchev–Trinajstić information content (AvgIpc) is 3.63. The summed E-state index contributed by atoms with van der Waals surface area (Å²) in [5, 5.41) is 0. The Kier molecular flexibility index (Phi) is 6.11. The summed E-state index contributed by atoms with van der Waals surface area (Å²) in [6.07, 6.45) is 7.67. The standard InChI is InChI=1S/C27H30FN3O2/c1-2-20-13-25-21(14-26(20)32)11-19(16-29-25)17-30-7-9-31(10-8-30)22-5-6-23(24(28)15-22)27(33)12-18-3-4-18/h5-6,11,13,15-16,18H,2-4,7-10,12,14,17H2,1H3. The molecule has 3 aliphatic rings. The van der Waals surface area contributed by atoms with Gasteiger partial charge in [0.15, 0.2) is 11.6 Å². The van der Waals surface area contributed by atoms with E-state index in [1.807, 2.05) is 25.3 Å². The number of allylic oxidation sites excluding steroid dienone is 1. The second-order valence-electron chi connectivity index (χ2n) is 9.51. The van der Waals surface area contributed by atoms with Gasteiger partial charge in [0.2, 0.25) is 0 Å². The lowest BCUT2D eigenvalue weighted by Gasteiger charge is -2.36. The Bertz CT molecular complexity index is 1110. The molecule has 1 saturated heterocycles. The van der Waals surface area contributed by atoms with E-state index in [-0.39, 0.29) is 17.1 Å². The van der Waals surface area contributed by atoms with Crippen molar-refractivity contribution >= 4 is 23.3 Å². The van der Waals surface area contributed by atoms with E-state index in [1.165, 1.54) is 6.07 Å². The maximum absolute atomic E-state index is 14.6. The number of piperazine rings is 1. The molecule has 1 aromatic carbocycles. The number of pyridine rings is 1. The zero-order chi connectivity index (χ0) is 22.9. The Morgan fingerprint density at radius 3 is 2.64 bits per heavy atom. The van der Waals surface area contributed by atoms with Crippen LogP contribution in [0.5, 0.6) is 0 Å². The molecular weight excluding hydrogens is 417 g/mol. The topological polar surface area (TPSA) is 53.5 Å². The molecule has 0 spiro atoms. The minimum Gasteiger partial charge on any atom is -0.369 e. The Morgan fingerprint density at radius 1 is 1.15 bits per heavy atom. The minimum atomic E-state index is -0.407. The molecule has 0 unspecified atom stereocenters. The number of nitrogens with zero attached hydrogens (tertiary/aromatic N) is 3. The van der Waals surface area contributed by atoms with Crippen molar-refractivity contribution in [1.29, 1.82) is 0 Å². The van der Waals surface area contributed by atoms with Crippen LogP contribution in [0.1, 0.15) is 59.8 Å². The number of rotatable bonds is 7. The van der Waals surface area contributed by atoms with E-state index >= 15 is 0 Å². The lowest BCUT2D eigenvalue weighted by molar-refractivity contribution is -0.115. The molecule has 2 aromatic rings. The maximum atomic E-state index is 14.6. The number of benzene rings is 1. The molecule has 5 nitrogen and oxygen atoms in total. The first-order valence-electron chi connectivity index (χ1n) is 12.0. The fraction of sp³-hybridized carbons (Fsp3) is 0.444. The van der Waals surface area contributed by atoms with Gasteiger partial charge in [0, 0.05) is 57.4 Å². The molecule has 0 N–H and O–H groups in total. The number of fused-ring (bicyclic) bond motifs is 1. The molecule has 1 aromatic heterocycles. The van der Waals surface area contributed by atoms with Crippen LogP contribution in [0.15, 0.2) is 36.0 Å². The fourth-order valence-corrected chi connectivity index (χ4v) is 4.80. The summed E-state index contributed by atoms with van der Waals surface area (Å²) in [6.45, 7) is 6.11. The molecule has 2 fully saturated rings. The van der Waals surface area contributed by atoms with Crippen LogP contribution in [0.2, 0.25) is 0 Å². The number of ketones is 2. The van der Waals surface area contributed by atoms with Crippen LogP contribution in [0.3, 0.4) is 0 Å². The molecule has 2 aliphatic carbocycles. The second kappa shape index (κ2) is 9.18. The molecule has 5 rings (SSSR count). The number of hydrogen-bond donors (Lipinski definition) is 0. The van der Waals surface area contributed by atoms with Crippen molar-refractivity contribution in [3.63, 3.8) is 0 Å². The number of aromatic nitrogens is 1. The van der Waals surface area contributed by atoms with Crippen molar-refractivity contribution in [3.05, 3.63) is 64.2 Å². The van der Waals surface area contributed by atoms with Gasteiger partial charge in [0.05, 0.1) is 11.3 Å². The van der Waals surface area contributed by atoms with Crippen molar-refractivity contribution < 1.29 is 14.0 Å². The van der Waals surface area contributed by atoms with Gasteiger partial charge in [0.25, 0.3) is 0 Å². The predicted octanol–water partition coefficient (Wildman–Crippen LogP) is 4.44. The number of hydrogen-bond acceptors (Lipinski definition) is 5. The molecule has 33 heavy (non-hydrogen) atoms. The molecule has 0 amide bonds. The van der Waals surface area contributed by atoms with Crippen molar-refractivity contribution in [2.24, 2.45) is 5.92 Å². The lowest BCUT2D eigenvalue weighted by atomic mass is 9.92. The molecule has 1 aliphatic heterocycles. The van der Waals surface area contributed by atoms with Gasteiger partial charge < -0.3 is 4.90 Å². The van der Waals surface area contributed by atoms with Crippen LogP contribution >= 0.6 is 0 Å². The summed E-state index contributed by atoms with van der Waals surface area (Å²) in [6, 6.07) is 7.15. The predicted molar refractivity (Wildman–Crippen MR) is 127 cm³/mol. The van der Waals surface area contributed by atoms with Crippen molar-refractivity contribution in [1.82, 2.24) is 9.88 Å². The summed E-state index contributed by atoms with van der Waals surface area (Å²) in [7, 11) is 0. The smallest absolute Gasteiger partial charge is 0.166 e. The van der Waals surface area contributed by atoms with Crippen molar-refractivity contribution in [3.8, 4) is 0 Å². The zero-order valence-electron chi connectivity index (χ0n) is 19.1. The van der Waals surface area contributed by atoms with Gasteiger partial charge in [-0.2, -0.15) is 0 Å². The highest BCUT2D eigenvalue weighted by atomic mass is 19.1. The Labute approximate surface area is 194 Å². The van der Waals surface area contributed by atoms with Gasteiger partial charge in [-0.25, -0.2) is 4.39 Å². The number of Topliss-reactive ketones (excluding diaryl/α,β-unsaturated/α-hetero) is 2. The summed E-state index contributed by atoms with van der Waals surface area (Å²) < 4.78 is 14.6. The molecule has 2 heterocycles. The number of carbonyl (C=O) groups excluding carboxylic acids is 2. The largest absolute Gasteiger partial charge is 0.369 e. The maximum Gasteiger partial charge on any atom is 0.166 e. The normalized spacial score (nSPS) is 18.8. The highest BCUT2D eigenvalue weighted by molar-refractivity contribution is 6.03. The van der Waals surface area contributed by atoms with Gasteiger partial charge >= 0.3 is 0 Å². The third-order valence-electron chi connectivity index (χ3n) is 7.03. The molecule has 6 heteroatoms. The molecule has 0 atom stereocenters. The number of halogens is 1. The summed E-state index contributed by atoms with van der Waals surface area (Å²) in [4.78, 5) is 33.6. The first-order valence-corrected chi connectivity index (χ1v) is 12.0. The van der Waals surface area contributed by atoms with E-state index in [0.717, 1.165) is 80.1 Å². The van der Waals surface area contributed by atoms with E-state index in [4.69, 9.17) is 0 Å². The number of carbonyl (C=O) groups is 2.